The number of benzene rings is 1. The highest BCUT2D eigenvalue weighted by Crippen LogP contribution is 2.25. The zero-order valence-corrected chi connectivity index (χ0v) is 15.8. The van der Waals surface area contributed by atoms with Gasteiger partial charge in [-0.2, -0.15) is 4.31 Å². The summed E-state index contributed by atoms with van der Waals surface area (Å²) < 4.78 is 32.0. The number of anilines is 1. The van der Waals surface area contributed by atoms with E-state index in [4.69, 9.17) is 4.52 Å². The number of amides is 1. The molecule has 0 fully saturated rings. The molecule has 25 heavy (non-hydrogen) atoms. The summed E-state index contributed by atoms with van der Waals surface area (Å²) in [6, 6.07) is 6.42. The Kier molecular flexibility index (Phi) is 5.64. The summed E-state index contributed by atoms with van der Waals surface area (Å²) in [4.78, 5) is 12.5. The number of nitrogens with zero attached hydrogens (tertiary/aromatic N) is 2. The zero-order chi connectivity index (χ0) is 18.8. The molecule has 0 aliphatic rings. The quantitative estimate of drug-likeness (QED) is 0.849. The fourth-order valence-electron chi connectivity index (χ4n) is 2.63. The Bertz CT molecular complexity index is 837. The number of carbonyl (C=O) groups excluding carboxylic acids is 1. The highest BCUT2D eigenvalue weighted by Gasteiger charge is 2.35. The molecule has 2 aromatic rings. The lowest BCUT2D eigenvalue weighted by atomic mass is 10.2. The van der Waals surface area contributed by atoms with Crippen molar-refractivity contribution >= 4 is 21.6 Å². The molecule has 0 saturated carbocycles. The molecule has 1 aromatic carbocycles. The van der Waals surface area contributed by atoms with Gasteiger partial charge in [0.05, 0.1) is 0 Å². The Morgan fingerprint density at radius 2 is 1.84 bits per heavy atom. The van der Waals surface area contributed by atoms with Crippen LogP contribution in [0, 0.1) is 20.8 Å². The summed E-state index contributed by atoms with van der Waals surface area (Å²) in [6.07, 6.45) is 0. The van der Waals surface area contributed by atoms with Gasteiger partial charge in [0.1, 0.15) is 16.6 Å². The number of nitrogens with one attached hydrogen (secondary N) is 1. The first kappa shape index (κ1) is 19.1. The maximum atomic E-state index is 13.0. The van der Waals surface area contributed by atoms with Gasteiger partial charge in [0.25, 0.3) is 0 Å². The second-order valence-corrected chi connectivity index (χ2v) is 7.72. The molecule has 8 heteroatoms. The van der Waals surface area contributed by atoms with E-state index in [-0.39, 0.29) is 22.9 Å². The monoisotopic (exact) mass is 365 g/mol. The van der Waals surface area contributed by atoms with Crippen LogP contribution < -0.4 is 5.32 Å². The minimum Gasteiger partial charge on any atom is -0.360 e. The number of sulfonamides is 1. The van der Waals surface area contributed by atoms with Crippen molar-refractivity contribution in [1.29, 1.82) is 0 Å². The molecule has 0 unspecified atom stereocenters. The second-order valence-electron chi connectivity index (χ2n) is 5.89. The first-order valence-corrected chi connectivity index (χ1v) is 9.44. The third-order valence-corrected chi connectivity index (χ3v) is 6.27. The standard InChI is InChI=1S/C17H23N3O4S/c1-6-20(25(22,23)16-12(3)19-24-14(16)5)13(4)17(21)18-15-9-7-11(2)8-10-15/h7-10,13H,6H2,1-5H3,(H,18,21)/t13-/m1/s1. The van der Waals surface area contributed by atoms with Crippen LogP contribution in [0.2, 0.25) is 0 Å². The van der Waals surface area contributed by atoms with Gasteiger partial charge in [-0.3, -0.25) is 4.79 Å². The minimum absolute atomic E-state index is 0.0179. The van der Waals surface area contributed by atoms with Gasteiger partial charge in [0.15, 0.2) is 5.76 Å². The van der Waals surface area contributed by atoms with Crippen molar-refractivity contribution in [3.63, 3.8) is 0 Å². The Labute approximate surface area is 148 Å². The van der Waals surface area contributed by atoms with Crippen LogP contribution in [-0.2, 0) is 14.8 Å². The van der Waals surface area contributed by atoms with E-state index in [1.807, 2.05) is 19.1 Å². The number of likely N-dealkylation sites (N-methyl/N-ethyl adjacent to an activating group) is 1. The van der Waals surface area contributed by atoms with Crippen molar-refractivity contribution in [2.45, 2.75) is 45.6 Å². The highest BCUT2D eigenvalue weighted by molar-refractivity contribution is 7.89. The molecule has 0 bridgehead atoms. The topological polar surface area (TPSA) is 92.5 Å². The third-order valence-electron chi connectivity index (χ3n) is 3.98. The number of aromatic nitrogens is 1. The van der Waals surface area contributed by atoms with Crippen LogP contribution in [0.15, 0.2) is 33.7 Å². The van der Waals surface area contributed by atoms with E-state index in [1.165, 1.54) is 6.92 Å². The summed E-state index contributed by atoms with van der Waals surface area (Å²) >= 11 is 0. The maximum Gasteiger partial charge on any atom is 0.249 e. The molecular weight excluding hydrogens is 342 g/mol. The zero-order valence-electron chi connectivity index (χ0n) is 15.0. The van der Waals surface area contributed by atoms with Crippen LogP contribution in [0.4, 0.5) is 5.69 Å². The van der Waals surface area contributed by atoms with E-state index in [2.05, 4.69) is 10.5 Å². The molecule has 0 spiro atoms. The number of rotatable bonds is 6. The Balaban J connectivity index is 2.27. The molecule has 136 valence electrons. The predicted molar refractivity (Wildman–Crippen MR) is 94.8 cm³/mol. The first-order valence-electron chi connectivity index (χ1n) is 8.00. The van der Waals surface area contributed by atoms with E-state index in [1.54, 1.807) is 32.9 Å². The average Bonchev–Trinajstić information content (AvgIpc) is 2.89. The summed E-state index contributed by atoms with van der Waals surface area (Å²) in [5.41, 5.74) is 1.97. The number of hydrogen-bond donors (Lipinski definition) is 1. The van der Waals surface area contributed by atoms with Crippen LogP contribution in [0.25, 0.3) is 0 Å². The summed E-state index contributed by atoms with van der Waals surface area (Å²) in [5.74, 6) is -0.192. The van der Waals surface area contributed by atoms with Crippen molar-refractivity contribution in [2.24, 2.45) is 0 Å². The fraction of sp³-hybridized carbons (Fsp3) is 0.412. The van der Waals surface area contributed by atoms with Crippen molar-refractivity contribution in [3.05, 3.63) is 41.3 Å². The van der Waals surface area contributed by atoms with Crippen LogP contribution in [-0.4, -0.2) is 36.4 Å². The van der Waals surface area contributed by atoms with Crippen LogP contribution in [0.5, 0.6) is 0 Å². The Hall–Kier alpha value is -2.19. The molecule has 2 rings (SSSR count). The molecule has 0 saturated heterocycles. The van der Waals surface area contributed by atoms with Crippen molar-refractivity contribution in [2.75, 3.05) is 11.9 Å². The van der Waals surface area contributed by atoms with Crippen LogP contribution in [0.3, 0.4) is 0 Å². The smallest absolute Gasteiger partial charge is 0.249 e. The SMILES string of the molecule is CCN([C@H](C)C(=O)Nc1ccc(C)cc1)S(=O)(=O)c1c(C)noc1C. The van der Waals surface area contributed by atoms with Crippen molar-refractivity contribution < 1.29 is 17.7 Å². The highest BCUT2D eigenvalue weighted by atomic mass is 32.2. The molecule has 1 heterocycles. The largest absolute Gasteiger partial charge is 0.360 e. The number of carbonyl (C=O) groups is 1. The predicted octanol–water partition coefficient (Wildman–Crippen LogP) is 2.64. The minimum atomic E-state index is -3.90. The van der Waals surface area contributed by atoms with Gasteiger partial charge in [0, 0.05) is 12.2 Å². The lowest BCUT2D eigenvalue weighted by Gasteiger charge is -2.26. The van der Waals surface area contributed by atoms with Gasteiger partial charge in [-0.1, -0.05) is 29.8 Å². The summed E-state index contributed by atoms with van der Waals surface area (Å²) in [6.45, 7) is 8.44. The lowest BCUT2D eigenvalue weighted by molar-refractivity contribution is -0.119. The molecule has 1 N–H and O–H groups in total. The first-order chi connectivity index (χ1) is 11.7. The summed E-state index contributed by atoms with van der Waals surface area (Å²) in [7, 11) is -3.90. The summed E-state index contributed by atoms with van der Waals surface area (Å²) in [5, 5.41) is 6.44. The van der Waals surface area contributed by atoms with E-state index in [0.29, 0.717) is 5.69 Å². The van der Waals surface area contributed by atoms with E-state index >= 15 is 0 Å². The van der Waals surface area contributed by atoms with Gasteiger partial charge in [-0.25, -0.2) is 8.42 Å². The molecule has 0 aliphatic heterocycles. The van der Waals surface area contributed by atoms with Crippen LogP contribution >= 0.6 is 0 Å². The Morgan fingerprint density at radius 3 is 2.32 bits per heavy atom. The van der Waals surface area contributed by atoms with E-state index in [0.717, 1.165) is 9.87 Å². The normalized spacial score (nSPS) is 13.0. The second kappa shape index (κ2) is 7.37. The molecule has 0 aliphatic carbocycles. The van der Waals surface area contributed by atoms with Gasteiger partial charge >= 0.3 is 0 Å². The molecule has 1 atom stereocenters. The van der Waals surface area contributed by atoms with Crippen LogP contribution in [0.1, 0.15) is 30.9 Å². The van der Waals surface area contributed by atoms with Gasteiger partial charge < -0.3 is 9.84 Å². The molecule has 0 radical (unpaired) electrons. The number of aryl methyl sites for hydroxylation is 3. The third kappa shape index (κ3) is 3.91. The Morgan fingerprint density at radius 1 is 1.24 bits per heavy atom. The van der Waals surface area contributed by atoms with Gasteiger partial charge in [0.2, 0.25) is 15.9 Å². The lowest BCUT2D eigenvalue weighted by Crippen LogP contribution is -2.45. The fourth-order valence-corrected chi connectivity index (χ4v) is 4.52. The van der Waals surface area contributed by atoms with E-state index in [9.17, 15) is 13.2 Å². The molecule has 1 amide bonds. The molecular formula is C17H23N3O4S. The molecule has 1 aromatic heterocycles. The van der Waals surface area contributed by atoms with Crippen molar-refractivity contribution in [3.8, 4) is 0 Å². The van der Waals surface area contributed by atoms with E-state index < -0.39 is 22.0 Å². The van der Waals surface area contributed by atoms with Gasteiger partial charge in [-0.05, 0) is 39.8 Å². The average molecular weight is 365 g/mol. The molecule has 7 nitrogen and oxygen atoms in total. The van der Waals surface area contributed by atoms with Crippen molar-refractivity contribution in [1.82, 2.24) is 9.46 Å². The maximum absolute atomic E-state index is 13.0. The van der Waals surface area contributed by atoms with Gasteiger partial charge in [-0.15, -0.1) is 0 Å². The number of hydrogen-bond acceptors (Lipinski definition) is 5.